The Bertz CT molecular complexity index is 377. The Morgan fingerprint density at radius 1 is 1.67 bits per heavy atom. The van der Waals surface area contributed by atoms with Gasteiger partial charge in [-0.15, -0.1) is 0 Å². The summed E-state index contributed by atoms with van der Waals surface area (Å²) < 4.78 is 23.3. The molecule has 1 aromatic heterocycles. The van der Waals surface area contributed by atoms with Gasteiger partial charge in [0.25, 0.3) is 0 Å². The van der Waals surface area contributed by atoms with Crippen LogP contribution in [0.3, 0.4) is 0 Å². The van der Waals surface area contributed by atoms with Gasteiger partial charge in [0.1, 0.15) is 12.1 Å². The van der Waals surface area contributed by atoms with Crippen molar-refractivity contribution in [2.24, 2.45) is 0 Å². The summed E-state index contributed by atoms with van der Waals surface area (Å²) in [6, 6.07) is 1.70. The number of anilines is 1. The van der Waals surface area contributed by atoms with Crippen LogP contribution >= 0.6 is 7.60 Å². The van der Waals surface area contributed by atoms with Gasteiger partial charge in [-0.05, 0) is 13.8 Å². The number of rotatable bonds is 5. The third-order valence-corrected chi connectivity index (χ3v) is 3.67. The fraction of sp³-hybridized carbons (Fsp3) is 0.625. The van der Waals surface area contributed by atoms with Crippen molar-refractivity contribution in [3.63, 3.8) is 0 Å². The molecule has 1 heterocycles. The number of hydrogen-bond donors (Lipinski definition) is 1. The van der Waals surface area contributed by atoms with E-state index in [1.54, 1.807) is 13.0 Å². The van der Waals surface area contributed by atoms with Crippen LogP contribution in [-0.2, 0) is 19.9 Å². The van der Waals surface area contributed by atoms with Crippen LogP contribution < -0.4 is 5.73 Å². The Morgan fingerprint density at radius 3 is 2.73 bits per heavy atom. The molecule has 0 aliphatic heterocycles. The van der Waals surface area contributed by atoms with Crippen molar-refractivity contribution in [2.75, 3.05) is 19.5 Å². The van der Waals surface area contributed by atoms with Gasteiger partial charge in [0.15, 0.2) is 0 Å². The second-order valence-electron chi connectivity index (χ2n) is 3.06. The molecule has 1 rings (SSSR count). The minimum Gasteiger partial charge on any atom is -0.384 e. The minimum absolute atomic E-state index is 0.0387. The lowest BCUT2D eigenvalue weighted by Gasteiger charge is -2.15. The van der Waals surface area contributed by atoms with Gasteiger partial charge in [0.2, 0.25) is 0 Å². The fourth-order valence-corrected chi connectivity index (χ4v) is 2.44. The van der Waals surface area contributed by atoms with Crippen LogP contribution in [0, 0.1) is 6.92 Å². The molecule has 0 bridgehead atoms. The highest BCUT2D eigenvalue weighted by Crippen LogP contribution is 2.49. The van der Waals surface area contributed by atoms with Crippen molar-refractivity contribution in [3.05, 3.63) is 11.8 Å². The third-order valence-electron chi connectivity index (χ3n) is 1.84. The molecule has 1 unspecified atom stereocenters. The van der Waals surface area contributed by atoms with E-state index < -0.39 is 7.60 Å². The van der Waals surface area contributed by atoms with Crippen molar-refractivity contribution < 1.29 is 13.6 Å². The van der Waals surface area contributed by atoms with Crippen LogP contribution in [0.2, 0.25) is 0 Å². The number of nitrogen functional groups attached to an aromatic ring is 1. The van der Waals surface area contributed by atoms with Gasteiger partial charge in [0.05, 0.1) is 12.3 Å². The molecule has 7 heteroatoms. The number of aromatic nitrogens is 2. The van der Waals surface area contributed by atoms with Crippen LogP contribution in [0.25, 0.3) is 0 Å². The van der Waals surface area contributed by atoms with Gasteiger partial charge in [0, 0.05) is 13.2 Å². The molecule has 0 aliphatic rings. The molecule has 0 radical (unpaired) electrons. The zero-order valence-electron chi connectivity index (χ0n) is 9.14. The first-order valence-electron chi connectivity index (χ1n) is 4.60. The Kier molecular flexibility index (Phi) is 3.90. The minimum atomic E-state index is -3.12. The molecule has 0 saturated carbocycles. The zero-order chi connectivity index (χ0) is 11.5. The van der Waals surface area contributed by atoms with E-state index in [-0.39, 0.29) is 6.29 Å². The van der Waals surface area contributed by atoms with Gasteiger partial charge >= 0.3 is 7.60 Å². The topological polar surface area (TPSA) is 79.4 Å². The number of nitrogens with two attached hydrogens (primary N) is 1. The Hall–Kier alpha value is -0.840. The summed E-state index contributed by atoms with van der Waals surface area (Å²) in [5, 5.41) is 4.08. The van der Waals surface area contributed by atoms with Crippen molar-refractivity contribution >= 4 is 13.4 Å². The monoisotopic (exact) mass is 233 g/mol. The maximum atomic E-state index is 12.0. The van der Waals surface area contributed by atoms with E-state index in [9.17, 15) is 4.57 Å². The van der Waals surface area contributed by atoms with Crippen molar-refractivity contribution in [3.8, 4) is 0 Å². The highest BCUT2D eigenvalue weighted by atomic mass is 31.2. The van der Waals surface area contributed by atoms with Crippen molar-refractivity contribution in [1.29, 1.82) is 0 Å². The summed E-state index contributed by atoms with van der Waals surface area (Å²) in [5.41, 5.74) is 6.44. The standard InChI is InChI=1S/C8H16N3O3P/c1-4-14-15(12,13-3)6-11-8(9)5-7(2)10-11/h5H,4,6,9H2,1-3H3. The SMILES string of the molecule is CCOP(=O)(Cn1nc(C)cc1N)OC. The van der Waals surface area contributed by atoms with E-state index in [1.807, 2.05) is 6.92 Å². The molecule has 2 N–H and O–H groups in total. The number of aryl methyl sites for hydroxylation is 1. The molecule has 1 aromatic rings. The Balaban J connectivity index is 2.83. The summed E-state index contributed by atoms with van der Waals surface area (Å²) in [6.07, 6.45) is 0.0387. The van der Waals surface area contributed by atoms with E-state index in [1.165, 1.54) is 11.8 Å². The van der Waals surface area contributed by atoms with Crippen LogP contribution in [-0.4, -0.2) is 23.5 Å². The summed E-state index contributed by atoms with van der Waals surface area (Å²) >= 11 is 0. The first kappa shape index (κ1) is 12.2. The summed E-state index contributed by atoms with van der Waals surface area (Å²) in [5.74, 6) is 0.449. The largest absolute Gasteiger partial charge is 0.384 e. The van der Waals surface area contributed by atoms with E-state index in [0.29, 0.717) is 12.4 Å². The predicted molar refractivity (Wildman–Crippen MR) is 57.6 cm³/mol. The van der Waals surface area contributed by atoms with E-state index in [4.69, 9.17) is 14.8 Å². The molecule has 0 fully saturated rings. The Morgan fingerprint density at radius 2 is 2.33 bits per heavy atom. The van der Waals surface area contributed by atoms with Gasteiger partial charge in [-0.25, -0.2) is 4.68 Å². The maximum Gasteiger partial charge on any atom is 0.351 e. The summed E-state index contributed by atoms with van der Waals surface area (Å²) in [6.45, 7) is 3.89. The van der Waals surface area contributed by atoms with E-state index in [0.717, 1.165) is 5.69 Å². The quantitative estimate of drug-likeness (QED) is 0.781. The van der Waals surface area contributed by atoms with Crippen molar-refractivity contribution in [1.82, 2.24) is 9.78 Å². The molecule has 0 aromatic carbocycles. The van der Waals surface area contributed by atoms with Gasteiger partial charge in [-0.1, -0.05) is 0 Å². The molecule has 6 nitrogen and oxygen atoms in total. The fourth-order valence-electron chi connectivity index (χ4n) is 1.19. The first-order chi connectivity index (χ1) is 7.00. The number of nitrogens with zero attached hydrogens (tertiary/aromatic N) is 2. The molecule has 86 valence electrons. The number of hydrogen-bond acceptors (Lipinski definition) is 5. The van der Waals surface area contributed by atoms with Crippen LogP contribution in [0.5, 0.6) is 0 Å². The molecular weight excluding hydrogens is 217 g/mol. The molecule has 15 heavy (non-hydrogen) atoms. The second-order valence-corrected chi connectivity index (χ2v) is 5.19. The summed E-state index contributed by atoms with van der Waals surface area (Å²) in [7, 11) is -1.77. The normalized spacial score (nSPS) is 15.1. The van der Waals surface area contributed by atoms with Crippen LogP contribution in [0.1, 0.15) is 12.6 Å². The van der Waals surface area contributed by atoms with Gasteiger partial charge < -0.3 is 14.8 Å². The molecule has 1 atom stereocenters. The van der Waals surface area contributed by atoms with E-state index in [2.05, 4.69) is 5.10 Å². The zero-order valence-corrected chi connectivity index (χ0v) is 10.0. The molecular formula is C8H16N3O3P. The lowest BCUT2D eigenvalue weighted by atomic mass is 10.5. The molecule has 0 saturated heterocycles. The molecule has 0 spiro atoms. The second kappa shape index (κ2) is 4.79. The van der Waals surface area contributed by atoms with Gasteiger partial charge in [-0.2, -0.15) is 5.10 Å². The van der Waals surface area contributed by atoms with Gasteiger partial charge in [-0.3, -0.25) is 4.57 Å². The highest BCUT2D eigenvalue weighted by molar-refractivity contribution is 7.52. The molecule has 0 aliphatic carbocycles. The average Bonchev–Trinajstić information content (AvgIpc) is 2.45. The lowest BCUT2D eigenvalue weighted by molar-refractivity contribution is 0.237. The average molecular weight is 233 g/mol. The maximum absolute atomic E-state index is 12.0. The van der Waals surface area contributed by atoms with Crippen molar-refractivity contribution in [2.45, 2.75) is 20.1 Å². The van der Waals surface area contributed by atoms with Crippen LogP contribution in [0.4, 0.5) is 5.82 Å². The Labute approximate surface area is 88.9 Å². The highest BCUT2D eigenvalue weighted by Gasteiger charge is 2.24. The smallest absolute Gasteiger partial charge is 0.351 e. The van der Waals surface area contributed by atoms with Crippen LogP contribution in [0.15, 0.2) is 6.07 Å². The molecule has 0 amide bonds. The van der Waals surface area contributed by atoms with E-state index >= 15 is 0 Å². The first-order valence-corrected chi connectivity index (χ1v) is 6.33. The lowest BCUT2D eigenvalue weighted by Crippen LogP contribution is -2.08. The third kappa shape index (κ3) is 3.06. The summed E-state index contributed by atoms with van der Waals surface area (Å²) in [4.78, 5) is 0. The predicted octanol–water partition coefficient (Wildman–Crippen LogP) is 1.61.